The minimum absolute atomic E-state index is 0.0187. The minimum Gasteiger partial charge on any atom is -0.469 e. The Balaban J connectivity index is 1.54. The maximum atomic E-state index is 13.2. The standard InChI is InChI=1S/C19H24FN3O2/c20-15-5-3-14(4-6-15)17(18-2-1-13-25-18)9-12-22-19(24)23-16-7-10-21-11-8-16/h1-6,13,16-17,21H,7-12H2,(H2,22,23,24)/t17-/m0/s1. The van der Waals surface area contributed by atoms with Crippen LogP contribution in [0.4, 0.5) is 9.18 Å². The monoisotopic (exact) mass is 345 g/mol. The van der Waals surface area contributed by atoms with E-state index in [0.29, 0.717) is 13.0 Å². The number of urea groups is 1. The van der Waals surface area contributed by atoms with Crippen LogP contribution in [0.1, 0.15) is 36.5 Å². The van der Waals surface area contributed by atoms with Crippen LogP contribution in [0.15, 0.2) is 47.1 Å². The number of furan rings is 1. The van der Waals surface area contributed by atoms with Crippen molar-refractivity contribution in [2.24, 2.45) is 0 Å². The van der Waals surface area contributed by atoms with Crippen molar-refractivity contribution in [1.82, 2.24) is 16.0 Å². The van der Waals surface area contributed by atoms with E-state index in [4.69, 9.17) is 4.42 Å². The molecule has 0 bridgehead atoms. The zero-order valence-electron chi connectivity index (χ0n) is 14.1. The second kappa shape index (κ2) is 8.67. The number of hydrogen-bond acceptors (Lipinski definition) is 3. The second-order valence-corrected chi connectivity index (χ2v) is 6.33. The Hall–Kier alpha value is -2.34. The third kappa shape index (κ3) is 5.06. The van der Waals surface area contributed by atoms with Gasteiger partial charge in [0.15, 0.2) is 0 Å². The first kappa shape index (κ1) is 17.5. The average Bonchev–Trinajstić information content (AvgIpc) is 3.15. The molecule has 0 aliphatic carbocycles. The third-order valence-electron chi connectivity index (χ3n) is 4.55. The van der Waals surface area contributed by atoms with Gasteiger partial charge < -0.3 is 20.4 Å². The number of carbonyl (C=O) groups is 1. The van der Waals surface area contributed by atoms with Crippen LogP contribution < -0.4 is 16.0 Å². The number of nitrogens with one attached hydrogen (secondary N) is 3. The summed E-state index contributed by atoms with van der Waals surface area (Å²) in [5.74, 6) is 0.531. The highest BCUT2D eigenvalue weighted by Crippen LogP contribution is 2.28. The normalized spacial score (nSPS) is 16.4. The van der Waals surface area contributed by atoms with E-state index < -0.39 is 0 Å². The molecule has 1 atom stereocenters. The fourth-order valence-corrected chi connectivity index (χ4v) is 3.19. The quantitative estimate of drug-likeness (QED) is 0.754. The predicted octanol–water partition coefficient (Wildman–Crippen LogP) is 2.99. The summed E-state index contributed by atoms with van der Waals surface area (Å²) >= 11 is 0. The number of rotatable bonds is 6. The summed E-state index contributed by atoms with van der Waals surface area (Å²) in [6, 6.07) is 10.3. The zero-order chi connectivity index (χ0) is 17.5. The van der Waals surface area contributed by atoms with E-state index in [1.165, 1.54) is 12.1 Å². The van der Waals surface area contributed by atoms with Crippen molar-refractivity contribution >= 4 is 6.03 Å². The van der Waals surface area contributed by atoms with Gasteiger partial charge in [-0.3, -0.25) is 0 Å². The van der Waals surface area contributed by atoms with Gasteiger partial charge in [-0.05, 0) is 62.2 Å². The molecule has 5 nitrogen and oxygen atoms in total. The lowest BCUT2D eigenvalue weighted by molar-refractivity contribution is 0.233. The SMILES string of the molecule is O=C(NCC[C@@H](c1ccc(F)cc1)c1ccco1)NC1CCNCC1. The number of halogens is 1. The van der Waals surface area contributed by atoms with Crippen LogP contribution >= 0.6 is 0 Å². The van der Waals surface area contributed by atoms with Crippen LogP contribution in [0.2, 0.25) is 0 Å². The van der Waals surface area contributed by atoms with Gasteiger partial charge in [0.2, 0.25) is 0 Å². The van der Waals surface area contributed by atoms with Crippen LogP contribution in [0, 0.1) is 5.82 Å². The fraction of sp³-hybridized carbons (Fsp3) is 0.421. The van der Waals surface area contributed by atoms with E-state index in [1.54, 1.807) is 18.4 Å². The lowest BCUT2D eigenvalue weighted by atomic mass is 9.93. The van der Waals surface area contributed by atoms with Gasteiger partial charge in [-0.15, -0.1) is 0 Å². The average molecular weight is 345 g/mol. The second-order valence-electron chi connectivity index (χ2n) is 6.33. The molecule has 3 rings (SSSR count). The molecule has 1 saturated heterocycles. The molecule has 3 N–H and O–H groups in total. The largest absolute Gasteiger partial charge is 0.469 e. The lowest BCUT2D eigenvalue weighted by Gasteiger charge is -2.24. The van der Waals surface area contributed by atoms with Crippen LogP contribution in [-0.2, 0) is 0 Å². The van der Waals surface area contributed by atoms with Crippen LogP contribution in [0.25, 0.3) is 0 Å². The lowest BCUT2D eigenvalue weighted by Crippen LogP contribution is -2.47. The first-order chi connectivity index (χ1) is 12.2. The first-order valence-corrected chi connectivity index (χ1v) is 8.76. The molecule has 1 fully saturated rings. The summed E-state index contributed by atoms with van der Waals surface area (Å²) < 4.78 is 18.7. The summed E-state index contributed by atoms with van der Waals surface area (Å²) in [5, 5.41) is 9.20. The van der Waals surface area contributed by atoms with Gasteiger partial charge in [-0.2, -0.15) is 0 Å². The van der Waals surface area contributed by atoms with E-state index in [0.717, 1.165) is 37.3 Å². The molecule has 1 aromatic heterocycles. The molecule has 1 aromatic carbocycles. The van der Waals surface area contributed by atoms with Crippen LogP contribution in [-0.4, -0.2) is 31.7 Å². The fourth-order valence-electron chi connectivity index (χ4n) is 3.19. The Kier molecular flexibility index (Phi) is 6.06. The summed E-state index contributed by atoms with van der Waals surface area (Å²) in [6.07, 6.45) is 4.22. The predicted molar refractivity (Wildman–Crippen MR) is 94.0 cm³/mol. The molecule has 1 aliphatic rings. The molecular weight excluding hydrogens is 321 g/mol. The van der Waals surface area contributed by atoms with E-state index in [-0.39, 0.29) is 23.8 Å². The van der Waals surface area contributed by atoms with Crippen LogP contribution in [0.3, 0.4) is 0 Å². The zero-order valence-corrected chi connectivity index (χ0v) is 14.1. The van der Waals surface area contributed by atoms with Crippen molar-refractivity contribution in [1.29, 1.82) is 0 Å². The topological polar surface area (TPSA) is 66.3 Å². The van der Waals surface area contributed by atoms with E-state index >= 15 is 0 Å². The maximum absolute atomic E-state index is 13.2. The van der Waals surface area contributed by atoms with E-state index in [1.807, 2.05) is 12.1 Å². The van der Waals surface area contributed by atoms with Crippen molar-refractivity contribution in [3.8, 4) is 0 Å². The Labute approximate surface area is 147 Å². The van der Waals surface area contributed by atoms with Crippen molar-refractivity contribution < 1.29 is 13.6 Å². The van der Waals surface area contributed by atoms with Crippen molar-refractivity contribution in [3.63, 3.8) is 0 Å². The molecule has 25 heavy (non-hydrogen) atoms. The summed E-state index contributed by atoms with van der Waals surface area (Å²) in [4.78, 5) is 12.0. The Morgan fingerprint density at radius 2 is 2.00 bits per heavy atom. The van der Waals surface area contributed by atoms with Crippen molar-refractivity contribution in [3.05, 3.63) is 59.8 Å². The van der Waals surface area contributed by atoms with Gasteiger partial charge in [-0.1, -0.05) is 12.1 Å². The molecule has 2 heterocycles. The van der Waals surface area contributed by atoms with Gasteiger partial charge in [0.1, 0.15) is 11.6 Å². The van der Waals surface area contributed by atoms with Gasteiger partial charge in [0.25, 0.3) is 0 Å². The maximum Gasteiger partial charge on any atom is 0.315 e. The Morgan fingerprint density at radius 3 is 2.68 bits per heavy atom. The van der Waals surface area contributed by atoms with Gasteiger partial charge in [0, 0.05) is 18.5 Å². The third-order valence-corrected chi connectivity index (χ3v) is 4.55. The molecule has 2 amide bonds. The molecule has 1 aliphatic heterocycles. The number of benzene rings is 1. The highest BCUT2D eigenvalue weighted by atomic mass is 19.1. The number of amides is 2. The molecule has 6 heteroatoms. The van der Waals surface area contributed by atoms with E-state index in [2.05, 4.69) is 16.0 Å². The Morgan fingerprint density at radius 1 is 1.24 bits per heavy atom. The summed E-state index contributed by atoms with van der Waals surface area (Å²) in [6.45, 7) is 2.39. The highest BCUT2D eigenvalue weighted by molar-refractivity contribution is 5.74. The summed E-state index contributed by atoms with van der Waals surface area (Å²) in [5.41, 5.74) is 0.969. The number of piperidine rings is 1. The number of hydrogen-bond donors (Lipinski definition) is 3. The minimum atomic E-state index is -0.263. The smallest absolute Gasteiger partial charge is 0.315 e. The molecule has 134 valence electrons. The molecule has 0 unspecified atom stereocenters. The highest BCUT2D eigenvalue weighted by Gasteiger charge is 2.18. The molecular formula is C19H24FN3O2. The van der Waals surface area contributed by atoms with Crippen molar-refractivity contribution in [2.75, 3.05) is 19.6 Å². The van der Waals surface area contributed by atoms with Crippen molar-refractivity contribution in [2.45, 2.75) is 31.2 Å². The number of carbonyl (C=O) groups excluding carboxylic acids is 1. The first-order valence-electron chi connectivity index (χ1n) is 8.76. The summed E-state index contributed by atoms with van der Waals surface area (Å²) in [7, 11) is 0. The van der Waals surface area contributed by atoms with Gasteiger partial charge in [0.05, 0.1) is 6.26 Å². The van der Waals surface area contributed by atoms with Gasteiger partial charge in [-0.25, -0.2) is 9.18 Å². The van der Waals surface area contributed by atoms with Crippen LogP contribution in [0.5, 0.6) is 0 Å². The molecule has 0 saturated carbocycles. The molecule has 0 radical (unpaired) electrons. The van der Waals surface area contributed by atoms with E-state index in [9.17, 15) is 9.18 Å². The molecule has 0 spiro atoms. The Bertz CT molecular complexity index is 652. The molecule has 2 aromatic rings. The van der Waals surface area contributed by atoms with Gasteiger partial charge >= 0.3 is 6.03 Å².